The van der Waals surface area contributed by atoms with E-state index >= 15 is 0 Å². The molecule has 4 nitrogen and oxygen atoms in total. The first-order valence-electron chi connectivity index (χ1n) is 3.72. The van der Waals surface area contributed by atoms with E-state index < -0.39 is 16.6 Å². The van der Waals surface area contributed by atoms with Crippen LogP contribution in [0.1, 0.15) is 16.8 Å². The van der Waals surface area contributed by atoms with Gasteiger partial charge in [0.15, 0.2) is 0 Å². The van der Waals surface area contributed by atoms with Crippen molar-refractivity contribution in [3.8, 4) is 0 Å². The molecule has 0 radical (unpaired) electrons. The Morgan fingerprint density at radius 1 is 1.31 bits per heavy atom. The minimum atomic E-state index is -1.01. The third kappa shape index (κ3) is 1.49. The summed E-state index contributed by atoms with van der Waals surface area (Å²) in [5.41, 5.74) is 0.965. The molecule has 1 rings (SSSR count). The Balaban J connectivity index is 3.53. The number of hydrogen-bond acceptors (Lipinski definition) is 3. The van der Waals surface area contributed by atoms with Gasteiger partial charge in [-0.15, -0.1) is 0 Å². The fourth-order valence-electron chi connectivity index (χ4n) is 1.10. The maximum Gasteiger partial charge on any atom is 0.327 e. The summed E-state index contributed by atoms with van der Waals surface area (Å²) >= 11 is 0. The van der Waals surface area contributed by atoms with Crippen molar-refractivity contribution in [2.24, 2.45) is 0 Å². The van der Waals surface area contributed by atoms with E-state index in [0.717, 1.165) is 0 Å². The van der Waals surface area contributed by atoms with Crippen LogP contribution in [-0.4, -0.2) is 9.91 Å². The molecule has 0 aliphatic rings. The van der Waals surface area contributed by atoms with Crippen molar-refractivity contribution in [2.45, 2.75) is 20.8 Å². The smallest absolute Gasteiger partial charge is 0.258 e. The maximum atomic E-state index is 13.0. The Morgan fingerprint density at radius 2 is 1.85 bits per heavy atom. The van der Waals surface area contributed by atoms with Crippen LogP contribution in [0, 0.1) is 36.8 Å². The normalized spacial score (nSPS) is 10.2. The molecule has 0 spiro atoms. The van der Waals surface area contributed by atoms with Gasteiger partial charge in [-0.1, -0.05) is 0 Å². The summed E-state index contributed by atoms with van der Waals surface area (Å²) in [5, 5.41) is 10.4. The third-order valence-corrected chi connectivity index (χ3v) is 2.10. The van der Waals surface area contributed by atoms with E-state index in [1.54, 1.807) is 13.8 Å². The average Bonchev–Trinajstić information content (AvgIpc) is 1.99. The SMILES string of the molecule is Cc1nc(F)c([N+](=O)[O-])c(C)c1C. The van der Waals surface area contributed by atoms with E-state index in [1.807, 2.05) is 0 Å². The van der Waals surface area contributed by atoms with Crippen molar-refractivity contribution in [1.29, 1.82) is 0 Å². The van der Waals surface area contributed by atoms with Gasteiger partial charge < -0.3 is 0 Å². The van der Waals surface area contributed by atoms with E-state index in [0.29, 0.717) is 16.8 Å². The lowest BCUT2D eigenvalue weighted by Crippen LogP contribution is -2.03. The molecule has 0 fully saturated rings. The highest BCUT2D eigenvalue weighted by molar-refractivity contribution is 5.44. The molecule has 0 unspecified atom stereocenters. The Hall–Kier alpha value is -1.52. The Kier molecular flexibility index (Phi) is 2.27. The number of pyridine rings is 1. The summed E-state index contributed by atoms with van der Waals surface area (Å²) in [6.45, 7) is 4.82. The molecular weight excluding hydrogens is 175 g/mol. The van der Waals surface area contributed by atoms with Crippen LogP contribution < -0.4 is 0 Å². The fraction of sp³-hybridized carbons (Fsp3) is 0.375. The van der Waals surface area contributed by atoms with Crippen LogP contribution in [0.15, 0.2) is 0 Å². The van der Waals surface area contributed by atoms with Crippen LogP contribution in [0.5, 0.6) is 0 Å². The van der Waals surface area contributed by atoms with Gasteiger partial charge in [-0.3, -0.25) is 10.1 Å². The molecule has 0 saturated heterocycles. The number of hydrogen-bond donors (Lipinski definition) is 0. The topological polar surface area (TPSA) is 56.0 Å². The average molecular weight is 184 g/mol. The van der Waals surface area contributed by atoms with Crippen LogP contribution in [0.4, 0.5) is 10.1 Å². The molecule has 1 aromatic heterocycles. The van der Waals surface area contributed by atoms with Gasteiger partial charge in [0.1, 0.15) is 0 Å². The van der Waals surface area contributed by atoms with Gasteiger partial charge >= 0.3 is 5.69 Å². The summed E-state index contributed by atoms with van der Waals surface area (Å²) in [6, 6.07) is 0. The molecule has 13 heavy (non-hydrogen) atoms. The molecule has 0 saturated carbocycles. The van der Waals surface area contributed by atoms with Gasteiger partial charge in [0.05, 0.1) is 4.92 Å². The summed E-state index contributed by atoms with van der Waals surface area (Å²) < 4.78 is 13.0. The highest BCUT2D eigenvalue weighted by Crippen LogP contribution is 2.24. The molecule has 70 valence electrons. The second-order valence-electron chi connectivity index (χ2n) is 2.84. The third-order valence-electron chi connectivity index (χ3n) is 2.10. The van der Waals surface area contributed by atoms with E-state index in [9.17, 15) is 14.5 Å². The number of nitrogens with zero attached hydrogens (tertiary/aromatic N) is 2. The molecular formula is C8H9FN2O2. The number of nitro groups is 1. The number of halogens is 1. The van der Waals surface area contributed by atoms with Crippen molar-refractivity contribution < 1.29 is 9.31 Å². The minimum absolute atomic E-state index is 0.343. The first-order chi connectivity index (χ1) is 5.95. The van der Waals surface area contributed by atoms with Crippen LogP contribution in [-0.2, 0) is 0 Å². The van der Waals surface area contributed by atoms with Crippen LogP contribution in [0.2, 0.25) is 0 Å². The van der Waals surface area contributed by atoms with E-state index in [1.165, 1.54) is 6.92 Å². The minimum Gasteiger partial charge on any atom is -0.258 e. The lowest BCUT2D eigenvalue weighted by molar-refractivity contribution is -0.388. The Labute approximate surface area is 74.6 Å². The summed E-state index contributed by atoms with van der Waals surface area (Å²) in [7, 11) is 0. The van der Waals surface area contributed by atoms with Gasteiger partial charge in [-0.05, 0) is 26.3 Å². The van der Waals surface area contributed by atoms with Gasteiger partial charge in [0.2, 0.25) is 0 Å². The van der Waals surface area contributed by atoms with Gasteiger partial charge in [0, 0.05) is 11.3 Å². The van der Waals surface area contributed by atoms with Crippen molar-refractivity contribution in [1.82, 2.24) is 4.98 Å². The van der Waals surface area contributed by atoms with Crippen molar-refractivity contribution in [3.63, 3.8) is 0 Å². The predicted molar refractivity (Wildman–Crippen MR) is 45.1 cm³/mol. The number of aromatic nitrogens is 1. The van der Waals surface area contributed by atoms with Crippen molar-refractivity contribution >= 4 is 5.69 Å². The largest absolute Gasteiger partial charge is 0.327 e. The monoisotopic (exact) mass is 184 g/mol. The highest BCUT2D eigenvalue weighted by atomic mass is 19.1. The highest BCUT2D eigenvalue weighted by Gasteiger charge is 2.21. The first-order valence-corrected chi connectivity index (χ1v) is 3.72. The van der Waals surface area contributed by atoms with Gasteiger partial charge in [0.25, 0.3) is 5.95 Å². The molecule has 5 heteroatoms. The summed E-state index contributed by atoms with van der Waals surface area (Å²) in [4.78, 5) is 13.1. The summed E-state index contributed by atoms with van der Waals surface area (Å²) in [6.07, 6.45) is 0. The Morgan fingerprint density at radius 3 is 2.31 bits per heavy atom. The van der Waals surface area contributed by atoms with E-state index in [-0.39, 0.29) is 0 Å². The molecule has 0 N–H and O–H groups in total. The molecule has 1 aromatic rings. The van der Waals surface area contributed by atoms with E-state index in [4.69, 9.17) is 0 Å². The standard InChI is InChI=1S/C8H9FN2O2/c1-4-5(2)7(11(12)13)8(9)10-6(4)3/h1-3H3. The van der Waals surface area contributed by atoms with Crippen LogP contribution in [0.25, 0.3) is 0 Å². The summed E-state index contributed by atoms with van der Waals surface area (Å²) in [5.74, 6) is -1.01. The van der Waals surface area contributed by atoms with Gasteiger partial charge in [-0.25, -0.2) is 4.98 Å². The predicted octanol–water partition coefficient (Wildman–Crippen LogP) is 2.05. The van der Waals surface area contributed by atoms with Gasteiger partial charge in [-0.2, -0.15) is 4.39 Å². The zero-order valence-corrected chi connectivity index (χ0v) is 7.59. The molecule has 0 bridgehead atoms. The molecule has 0 atom stereocenters. The number of rotatable bonds is 1. The quantitative estimate of drug-likeness (QED) is 0.381. The molecule has 1 heterocycles. The van der Waals surface area contributed by atoms with Crippen LogP contribution in [0.3, 0.4) is 0 Å². The van der Waals surface area contributed by atoms with Crippen LogP contribution >= 0.6 is 0 Å². The second kappa shape index (κ2) is 3.08. The zero-order chi connectivity index (χ0) is 10.2. The lowest BCUT2D eigenvalue weighted by atomic mass is 10.1. The zero-order valence-electron chi connectivity index (χ0n) is 7.59. The van der Waals surface area contributed by atoms with Crippen molar-refractivity contribution in [3.05, 3.63) is 32.9 Å². The Bertz CT molecular complexity index is 377. The molecule has 0 aromatic carbocycles. The van der Waals surface area contributed by atoms with Crippen molar-refractivity contribution in [2.75, 3.05) is 0 Å². The molecule has 0 amide bonds. The number of aryl methyl sites for hydroxylation is 1. The second-order valence-corrected chi connectivity index (χ2v) is 2.84. The lowest BCUT2D eigenvalue weighted by Gasteiger charge is -2.04. The first kappa shape index (κ1) is 9.57. The molecule has 0 aliphatic carbocycles. The van der Waals surface area contributed by atoms with E-state index in [2.05, 4.69) is 4.98 Å². The fourth-order valence-corrected chi connectivity index (χ4v) is 1.10. The maximum absolute atomic E-state index is 13.0. The molecule has 0 aliphatic heterocycles.